The van der Waals surface area contributed by atoms with Crippen molar-refractivity contribution < 1.29 is 4.79 Å². The molecule has 2 aliphatic rings. The Hall–Kier alpha value is -1.62. The van der Waals surface area contributed by atoms with E-state index < -0.39 is 0 Å². The van der Waals surface area contributed by atoms with Gasteiger partial charge in [0.15, 0.2) is 11.3 Å². The average molecular weight is 331 g/mol. The van der Waals surface area contributed by atoms with E-state index in [0.717, 1.165) is 22.8 Å². The molecule has 1 N–H and O–H groups in total. The van der Waals surface area contributed by atoms with Crippen LogP contribution in [-0.2, 0) is 4.79 Å². The summed E-state index contributed by atoms with van der Waals surface area (Å²) in [5.74, 6) is 0.152. The lowest BCUT2D eigenvalue weighted by molar-refractivity contribution is -0.113. The number of nitrogens with zero attached hydrogens (tertiary/aromatic N) is 2. The zero-order chi connectivity index (χ0) is 16.4. The van der Waals surface area contributed by atoms with E-state index in [0.29, 0.717) is 0 Å². The van der Waals surface area contributed by atoms with Gasteiger partial charge < -0.3 is 15.1 Å². The van der Waals surface area contributed by atoms with Gasteiger partial charge in [-0.2, -0.15) is 0 Å². The monoisotopic (exact) mass is 331 g/mol. The first-order chi connectivity index (χ1) is 11.1. The predicted octanol–water partition coefficient (Wildman–Crippen LogP) is 3.87. The topological polar surface area (TPSA) is 35.6 Å². The van der Waals surface area contributed by atoms with Crippen LogP contribution in [0.2, 0.25) is 0 Å². The van der Waals surface area contributed by atoms with E-state index in [1.54, 1.807) is 18.7 Å². The van der Waals surface area contributed by atoms with E-state index in [4.69, 9.17) is 0 Å². The van der Waals surface area contributed by atoms with Crippen LogP contribution in [0, 0.1) is 0 Å². The molecule has 1 aromatic carbocycles. The molecule has 1 aromatic rings. The van der Waals surface area contributed by atoms with E-state index in [2.05, 4.69) is 46.3 Å². The van der Waals surface area contributed by atoms with Crippen LogP contribution < -0.4 is 10.2 Å². The highest BCUT2D eigenvalue weighted by Crippen LogP contribution is 2.38. The van der Waals surface area contributed by atoms with Crippen molar-refractivity contribution in [3.63, 3.8) is 0 Å². The van der Waals surface area contributed by atoms with Crippen molar-refractivity contribution in [1.82, 2.24) is 4.90 Å². The molecule has 0 aliphatic carbocycles. The first-order valence-electron chi connectivity index (χ1n) is 8.37. The van der Waals surface area contributed by atoms with Gasteiger partial charge in [-0.1, -0.05) is 11.8 Å². The fourth-order valence-electron chi connectivity index (χ4n) is 3.30. The van der Waals surface area contributed by atoms with Gasteiger partial charge >= 0.3 is 0 Å². The predicted molar refractivity (Wildman–Crippen MR) is 98.7 cm³/mol. The van der Waals surface area contributed by atoms with Crippen molar-refractivity contribution in [2.75, 3.05) is 29.9 Å². The second-order valence-electron chi connectivity index (χ2n) is 6.11. The highest BCUT2D eigenvalue weighted by Gasteiger charge is 2.31. The van der Waals surface area contributed by atoms with Gasteiger partial charge in [-0.15, -0.1) is 0 Å². The Morgan fingerprint density at radius 1 is 1.26 bits per heavy atom. The molecule has 23 heavy (non-hydrogen) atoms. The van der Waals surface area contributed by atoms with E-state index in [1.807, 2.05) is 6.92 Å². The molecule has 0 bridgehead atoms. The second kappa shape index (κ2) is 6.87. The van der Waals surface area contributed by atoms with E-state index in [1.165, 1.54) is 31.6 Å². The molecule has 1 unspecified atom stereocenters. The van der Waals surface area contributed by atoms with Crippen molar-refractivity contribution in [3.05, 3.63) is 34.9 Å². The molecular formula is C18H25N3OS. The van der Waals surface area contributed by atoms with Gasteiger partial charge in [0.05, 0.1) is 4.91 Å². The molecule has 3 rings (SSSR count). The molecule has 0 amide bonds. The maximum Gasteiger partial charge on any atom is 0.168 e. The van der Waals surface area contributed by atoms with Gasteiger partial charge in [0.25, 0.3) is 0 Å². The first-order valence-corrected chi connectivity index (χ1v) is 9.24. The molecule has 1 saturated heterocycles. The molecular weight excluding hydrogens is 306 g/mol. The zero-order valence-electron chi connectivity index (χ0n) is 14.1. The fraction of sp³-hybridized carbons (Fsp3) is 0.500. The summed E-state index contributed by atoms with van der Waals surface area (Å²) in [6, 6.07) is 8.66. The molecule has 4 nitrogen and oxygen atoms in total. The summed E-state index contributed by atoms with van der Waals surface area (Å²) in [7, 11) is 0. The number of carbonyl (C=O) groups is 1. The minimum absolute atomic E-state index is 0.0940. The van der Waals surface area contributed by atoms with Crippen molar-refractivity contribution >= 4 is 28.9 Å². The highest BCUT2D eigenvalue weighted by atomic mass is 32.2. The van der Waals surface area contributed by atoms with Crippen molar-refractivity contribution in [2.24, 2.45) is 0 Å². The largest absolute Gasteiger partial charge is 0.372 e. The molecule has 2 aliphatic heterocycles. The minimum Gasteiger partial charge on any atom is -0.372 e. The number of thioether (sulfide) groups is 1. The molecule has 0 spiro atoms. The van der Waals surface area contributed by atoms with E-state index >= 15 is 0 Å². The maximum absolute atomic E-state index is 11.8. The number of anilines is 2. The summed E-state index contributed by atoms with van der Waals surface area (Å²) in [5, 5.41) is 3.55. The molecule has 0 radical (unpaired) electrons. The number of hydrogen-bond acceptors (Lipinski definition) is 5. The average Bonchev–Trinajstić information content (AvgIpc) is 3.16. The molecule has 2 heterocycles. The van der Waals surface area contributed by atoms with E-state index in [9.17, 15) is 4.79 Å². The molecule has 0 saturated carbocycles. The van der Waals surface area contributed by atoms with Crippen LogP contribution in [0.25, 0.3) is 0 Å². The van der Waals surface area contributed by atoms with Gasteiger partial charge in [-0.25, -0.2) is 0 Å². The second-order valence-corrected chi connectivity index (χ2v) is 7.20. The summed E-state index contributed by atoms with van der Waals surface area (Å²) in [5.41, 5.74) is 3.58. The number of allylic oxidation sites excluding steroid dienone is 2. The Bertz CT molecular complexity index is 605. The summed E-state index contributed by atoms with van der Waals surface area (Å²) >= 11 is 1.62. The Morgan fingerprint density at radius 3 is 2.48 bits per heavy atom. The van der Waals surface area contributed by atoms with Crippen LogP contribution in [0.5, 0.6) is 0 Å². The summed E-state index contributed by atoms with van der Waals surface area (Å²) in [6.45, 7) is 9.02. The maximum atomic E-state index is 11.8. The summed E-state index contributed by atoms with van der Waals surface area (Å²) in [4.78, 5) is 17.3. The number of rotatable bonds is 5. The van der Waals surface area contributed by atoms with Gasteiger partial charge in [-0.3, -0.25) is 4.79 Å². The minimum atomic E-state index is 0.0940. The third kappa shape index (κ3) is 3.34. The van der Waals surface area contributed by atoms with E-state index in [-0.39, 0.29) is 11.3 Å². The van der Waals surface area contributed by atoms with Crippen molar-refractivity contribution in [1.29, 1.82) is 0 Å². The van der Waals surface area contributed by atoms with Crippen LogP contribution >= 0.6 is 11.8 Å². The van der Waals surface area contributed by atoms with Crippen molar-refractivity contribution in [3.8, 4) is 0 Å². The quantitative estimate of drug-likeness (QED) is 0.886. The van der Waals surface area contributed by atoms with Gasteiger partial charge in [0.2, 0.25) is 0 Å². The van der Waals surface area contributed by atoms with Gasteiger partial charge in [0, 0.05) is 36.7 Å². The lowest BCUT2D eigenvalue weighted by Gasteiger charge is -2.27. The lowest BCUT2D eigenvalue weighted by atomic mass is 10.2. The third-order valence-electron chi connectivity index (χ3n) is 4.56. The standard InChI is InChI=1S/C18H25N3OS/c1-4-21-13(2)17(14(3)22)23-18(21)19-15-7-9-16(10-8-15)20-11-5-6-12-20/h7-10,18-19H,4-6,11-12H2,1-3H3. The third-order valence-corrected chi connectivity index (χ3v) is 5.98. The Balaban J connectivity index is 1.68. The number of ketones is 1. The van der Waals surface area contributed by atoms with Crippen molar-refractivity contribution in [2.45, 2.75) is 39.1 Å². The number of benzene rings is 1. The highest BCUT2D eigenvalue weighted by molar-refractivity contribution is 8.04. The summed E-state index contributed by atoms with van der Waals surface area (Å²) in [6.07, 6.45) is 2.59. The van der Waals surface area contributed by atoms with Crippen LogP contribution in [0.1, 0.15) is 33.6 Å². The number of nitrogens with one attached hydrogen (secondary N) is 1. The summed E-state index contributed by atoms with van der Waals surface area (Å²) < 4.78 is 0. The van der Waals surface area contributed by atoms with Crippen LogP contribution in [0.15, 0.2) is 34.9 Å². The molecule has 124 valence electrons. The van der Waals surface area contributed by atoms with Gasteiger partial charge in [0.1, 0.15) is 0 Å². The molecule has 5 heteroatoms. The zero-order valence-corrected chi connectivity index (χ0v) is 14.9. The van der Waals surface area contributed by atoms with Crippen LogP contribution in [0.4, 0.5) is 11.4 Å². The van der Waals surface area contributed by atoms with Crippen LogP contribution in [0.3, 0.4) is 0 Å². The Morgan fingerprint density at radius 2 is 1.91 bits per heavy atom. The van der Waals surface area contributed by atoms with Crippen LogP contribution in [-0.4, -0.2) is 35.8 Å². The fourth-order valence-corrected chi connectivity index (χ4v) is 4.61. The Kier molecular flexibility index (Phi) is 4.85. The molecule has 1 atom stereocenters. The number of hydrogen-bond donors (Lipinski definition) is 1. The first kappa shape index (κ1) is 16.2. The lowest BCUT2D eigenvalue weighted by Crippen LogP contribution is -2.33. The normalized spacial score (nSPS) is 21.3. The molecule has 0 aromatic heterocycles. The number of carbonyl (C=O) groups excluding carboxylic acids is 1. The number of Topliss-reactive ketones (excluding diaryl/α,β-unsaturated/α-hetero) is 1. The SMILES string of the molecule is CCN1C(C)=C(C(C)=O)SC1Nc1ccc(N2CCCC2)cc1. The Labute approximate surface area is 142 Å². The van der Waals surface area contributed by atoms with Gasteiger partial charge in [-0.05, 0) is 57.9 Å². The molecule has 1 fully saturated rings. The smallest absolute Gasteiger partial charge is 0.168 e.